The summed E-state index contributed by atoms with van der Waals surface area (Å²) in [7, 11) is 1.81. The van der Waals surface area contributed by atoms with Crippen molar-refractivity contribution in [1.82, 2.24) is 15.3 Å². The maximum absolute atomic E-state index is 11.4. The number of hydrogen-bond donors (Lipinski definition) is 3. The lowest BCUT2D eigenvalue weighted by Crippen LogP contribution is -2.19. The van der Waals surface area contributed by atoms with Gasteiger partial charge in [-0.25, -0.2) is 4.98 Å². The minimum atomic E-state index is -0.0478. The van der Waals surface area contributed by atoms with Crippen LogP contribution in [0.2, 0.25) is 0 Å². The Kier molecular flexibility index (Phi) is 4.93. The van der Waals surface area contributed by atoms with Crippen molar-refractivity contribution in [2.24, 2.45) is 0 Å². The molecule has 1 aromatic heterocycles. The Morgan fingerprint density at radius 1 is 1.41 bits per heavy atom. The summed E-state index contributed by atoms with van der Waals surface area (Å²) in [6.45, 7) is 0.659. The number of imidazole rings is 1. The first-order chi connectivity index (χ1) is 7.79. The molecule has 0 bridgehead atoms. The number of anilines is 1. The number of aromatic nitrogens is 2. The number of H-pyrrole nitrogens is 1. The first-order valence-corrected chi connectivity index (χ1v) is 5.19. The van der Waals surface area contributed by atoms with E-state index in [1.54, 1.807) is 0 Å². The first-order valence-electron chi connectivity index (χ1n) is 5.19. The average Bonchev–Trinajstić information content (AvgIpc) is 2.68. The number of nitrogens with zero attached hydrogens (tertiary/aromatic N) is 1. The molecule has 3 N–H and O–H groups in total. The largest absolute Gasteiger partial charge is 0.324 e. The molecule has 1 aromatic carbocycles. The van der Waals surface area contributed by atoms with Crippen molar-refractivity contribution in [2.45, 2.75) is 6.42 Å². The summed E-state index contributed by atoms with van der Waals surface area (Å²) >= 11 is 0. The van der Waals surface area contributed by atoms with E-state index < -0.39 is 0 Å². The Balaban J connectivity index is 0.00000144. The molecule has 6 heteroatoms. The molecule has 0 saturated heterocycles. The summed E-state index contributed by atoms with van der Waals surface area (Å²) < 4.78 is 0. The Labute approximate surface area is 105 Å². The van der Waals surface area contributed by atoms with Crippen molar-refractivity contribution >= 4 is 35.3 Å². The Bertz CT molecular complexity index is 464. The summed E-state index contributed by atoms with van der Waals surface area (Å²) in [4.78, 5) is 18.7. The minimum Gasteiger partial charge on any atom is -0.324 e. The summed E-state index contributed by atoms with van der Waals surface area (Å²) in [5.41, 5.74) is 1.78. The summed E-state index contributed by atoms with van der Waals surface area (Å²) in [6.07, 6.45) is 0.438. The molecule has 0 fully saturated rings. The standard InChI is InChI=1S/C11H14N4O.ClH/c1-12-7-6-10(16)15-11-13-8-4-2-3-5-9(8)14-11;/h2-5,12H,6-7H2,1H3,(H2,13,14,15,16);1H. The SMILES string of the molecule is CNCCC(=O)Nc1nc2ccccc2[nH]1.Cl. The minimum absolute atomic E-state index is 0. The molecular formula is C11H15ClN4O. The number of halogens is 1. The van der Waals surface area contributed by atoms with E-state index in [0.717, 1.165) is 11.0 Å². The van der Waals surface area contributed by atoms with E-state index in [0.29, 0.717) is 18.9 Å². The average molecular weight is 255 g/mol. The van der Waals surface area contributed by atoms with E-state index in [1.807, 2.05) is 31.3 Å². The van der Waals surface area contributed by atoms with Gasteiger partial charge in [0.05, 0.1) is 11.0 Å². The molecule has 0 unspecified atom stereocenters. The van der Waals surface area contributed by atoms with Crippen molar-refractivity contribution in [3.8, 4) is 0 Å². The van der Waals surface area contributed by atoms with Gasteiger partial charge < -0.3 is 10.3 Å². The zero-order chi connectivity index (χ0) is 11.4. The van der Waals surface area contributed by atoms with E-state index >= 15 is 0 Å². The van der Waals surface area contributed by atoms with Crippen LogP contribution in [0.5, 0.6) is 0 Å². The van der Waals surface area contributed by atoms with Gasteiger partial charge in [0.15, 0.2) is 0 Å². The Morgan fingerprint density at radius 3 is 2.88 bits per heavy atom. The van der Waals surface area contributed by atoms with Gasteiger partial charge in [0.1, 0.15) is 0 Å². The zero-order valence-corrected chi connectivity index (χ0v) is 10.3. The highest BCUT2D eigenvalue weighted by molar-refractivity contribution is 5.91. The van der Waals surface area contributed by atoms with Gasteiger partial charge in [-0.3, -0.25) is 10.1 Å². The van der Waals surface area contributed by atoms with Gasteiger partial charge in [0.2, 0.25) is 11.9 Å². The van der Waals surface area contributed by atoms with Crippen LogP contribution in [0, 0.1) is 0 Å². The quantitative estimate of drug-likeness (QED) is 0.775. The summed E-state index contributed by atoms with van der Waals surface area (Å²) in [5.74, 6) is 0.454. The predicted octanol–water partition coefficient (Wildman–Crippen LogP) is 1.53. The van der Waals surface area contributed by atoms with Gasteiger partial charge in [-0.2, -0.15) is 0 Å². The van der Waals surface area contributed by atoms with E-state index in [1.165, 1.54) is 0 Å². The van der Waals surface area contributed by atoms with Crippen LogP contribution in [0.1, 0.15) is 6.42 Å². The molecule has 0 aliphatic heterocycles. The molecule has 1 heterocycles. The highest BCUT2D eigenvalue weighted by atomic mass is 35.5. The number of para-hydroxylation sites is 2. The van der Waals surface area contributed by atoms with Crippen molar-refractivity contribution in [3.63, 3.8) is 0 Å². The molecule has 92 valence electrons. The van der Waals surface area contributed by atoms with Gasteiger partial charge in [0.25, 0.3) is 0 Å². The fourth-order valence-corrected chi connectivity index (χ4v) is 1.45. The fourth-order valence-electron chi connectivity index (χ4n) is 1.45. The lowest BCUT2D eigenvalue weighted by Gasteiger charge is -2.00. The number of aromatic amines is 1. The van der Waals surface area contributed by atoms with E-state index in [4.69, 9.17) is 0 Å². The number of hydrogen-bond acceptors (Lipinski definition) is 3. The van der Waals surface area contributed by atoms with Crippen LogP contribution in [0.3, 0.4) is 0 Å². The second kappa shape index (κ2) is 6.22. The van der Waals surface area contributed by atoms with E-state index in [-0.39, 0.29) is 18.3 Å². The number of carbonyl (C=O) groups is 1. The van der Waals surface area contributed by atoms with Crippen molar-refractivity contribution in [3.05, 3.63) is 24.3 Å². The highest BCUT2D eigenvalue weighted by Crippen LogP contribution is 2.13. The van der Waals surface area contributed by atoms with E-state index in [9.17, 15) is 4.79 Å². The van der Waals surface area contributed by atoms with Crippen molar-refractivity contribution < 1.29 is 4.79 Å². The maximum atomic E-state index is 11.4. The molecule has 0 aliphatic carbocycles. The van der Waals surface area contributed by atoms with Crippen LogP contribution in [-0.4, -0.2) is 29.5 Å². The van der Waals surface area contributed by atoms with Crippen LogP contribution in [-0.2, 0) is 4.79 Å². The topological polar surface area (TPSA) is 69.8 Å². The lowest BCUT2D eigenvalue weighted by molar-refractivity contribution is -0.116. The van der Waals surface area contributed by atoms with Crippen LogP contribution in [0.4, 0.5) is 5.95 Å². The van der Waals surface area contributed by atoms with Gasteiger partial charge >= 0.3 is 0 Å². The second-order valence-corrected chi connectivity index (χ2v) is 3.50. The number of amides is 1. The highest BCUT2D eigenvalue weighted by Gasteiger charge is 2.05. The molecule has 0 saturated carbocycles. The lowest BCUT2D eigenvalue weighted by atomic mass is 10.3. The van der Waals surface area contributed by atoms with Gasteiger partial charge in [-0.15, -0.1) is 12.4 Å². The molecule has 0 spiro atoms. The predicted molar refractivity (Wildman–Crippen MR) is 70.5 cm³/mol. The molecule has 1 amide bonds. The van der Waals surface area contributed by atoms with Crippen molar-refractivity contribution in [1.29, 1.82) is 0 Å². The number of carbonyl (C=O) groups excluding carboxylic acids is 1. The normalized spacial score (nSPS) is 9.94. The molecule has 17 heavy (non-hydrogen) atoms. The zero-order valence-electron chi connectivity index (χ0n) is 9.49. The maximum Gasteiger partial charge on any atom is 0.227 e. The summed E-state index contributed by atoms with van der Waals surface area (Å²) in [6, 6.07) is 7.66. The van der Waals surface area contributed by atoms with Crippen LogP contribution in [0.25, 0.3) is 11.0 Å². The van der Waals surface area contributed by atoms with Gasteiger partial charge in [-0.1, -0.05) is 12.1 Å². The van der Waals surface area contributed by atoms with Crippen LogP contribution >= 0.6 is 12.4 Å². The van der Waals surface area contributed by atoms with Gasteiger partial charge in [-0.05, 0) is 19.2 Å². The molecule has 0 atom stereocenters. The summed E-state index contributed by atoms with van der Waals surface area (Å²) in [5, 5.41) is 5.64. The number of benzene rings is 1. The first kappa shape index (κ1) is 13.5. The van der Waals surface area contributed by atoms with Crippen LogP contribution in [0.15, 0.2) is 24.3 Å². The molecule has 0 aliphatic rings. The number of rotatable bonds is 4. The monoisotopic (exact) mass is 254 g/mol. The third-order valence-electron chi connectivity index (χ3n) is 2.25. The molecular weight excluding hydrogens is 240 g/mol. The van der Waals surface area contributed by atoms with Crippen molar-refractivity contribution in [2.75, 3.05) is 18.9 Å². The molecule has 2 aromatic rings. The Hall–Kier alpha value is -1.59. The Morgan fingerprint density at radius 2 is 2.18 bits per heavy atom. The smallest absolute Gasteiger partial charge is 0.227 e. The molecule has 0 radical (unpaired) electrons. The second-order valence-electron chi connectivity index (χ2n) is 3.50. The third-order valence-corrected chi connectivity index (χ3v) is 2.25. The molecule has 5 nitrogen and oxygen atoms in total. The third kappa shape index (κ3) is 3.44. The number of nitrogens with one attached hydrogen (secondary N) is 3. The van der Waals surface area contributed by atoms with Gasteiger partial charge in [0, 0.05) is 13.0 Å². The van der Waals surface area contributed by atoms with Crippen LogP contribution < -0.4 is 10.6 Å². The van der Waals surface area contributed by atoms with E-state index in [2.05, 4.69) is 20.6 Å². The number of fused-ring (bicyclic) bond motifs is 1. The fraction of sp³-hybridized carbons (Fsp3) is 0.273. The molecule has 2 rings (SSSR count).